The molecule has 9 heteroatoms. The quantitative estimate of drug-likeness (QED) is 0.476. The molecule has 1 unspecified atom stereocenters. The molecule has 27 heavy (non-hydrogen) atoms. The number of non-ortho nitro benzene ring substituents is 1. The van der Waals surface area contributed by atoms with Crippen LogP contribution in [0.3, 0.4) is 0 Å². The second-order valence-corrected chi connectivity index (χ2v) is 6.15. The Kier molecular flexibility index (Phi) is 5.20. The van der Waals surface area contributed by atoms with Gasteiger partial charge in [0, 0.05) is 30.0 Å². The van der Waals surface area contributed by atoms with Crippen LogP contribution in [0.4, 0.5) is 11.4 Å². The fourth-order valence-electron chi connectivity index (χ4n) is 2.71. The Morgan fingerprint density at radius 1 is 1.30 bits per heavy atom. The number of phenols is 1. The average Bonchev–Trinajstić information content (AvgIpc) is 2.64. The van der Waals surface area contributed by atoms with Gasteiger partial charge in [-0.3, -0.25) is 14.9 Å². The minimum atomic E-state index is -0.532. The predicted molar refractivity (Wildman–Crippen MR) is 97.9 cm³/mol. The molecule has 3 rings (SSSR count). The highest BCUT2D eigenvalue weighted by molar-refractivity contribution is 6.05. The Morgan fingerprint density at radius 2 is 2.04 bits per heavy atom. The summed E-state index contributed by atoms with van der Waals surface area (Å²) in [5, 5.41) is 32.7. The van der Waals surface area contributed by atoms with Crippen LogP contribution in [0.2, 0.25) is 0 Å². The Bertz CT molecular complexity index is 937. The van der Waals surface area contributed by atoms with E-state index >= 15 is 0 Å². The van der Waals surface area contributed by atoms with E-state index in [0.29, 0.717) is 17.7 Å². The lowest BCUT2D eigenvalue weighted by Gasteiger charge is -2.19. The van der Waals surface area contributed by atoms with Gasteiger partial charge in [-0.15, -0.1) is 0 Å². The van der Waals surface area contributed by atoms with E-state index in [1.54, 1.807) is 12.1 Å². The van der Waals surface area contributed by atoms with Gasteiger partial charge in [-0.25, -0.2) is 5.43 Å². The highest BCUT2D eigenvalue weighted by atomic mass is 16.6. The number of nitro benzene ring substituents is 1. The summed E-state index contributed by atoms with van der Waals surface area (Å²) in [7, 11) is 0. The zero-order valence-electron chi connectivity index (χ0n) is 14.5. The van der Waals surface area contributed by atoms with Crippen LogP contribution in [-0.2, 0) is 11.3 Å². The van der Waals surface area contributed by atoms with Crippen LogP contribution >= 0.6 is 0 Å². The number of amides is 1. The third-order valence-corrected chi connectivity index (χ3v) is 4.12. The monoisotopic (exact) mass is 367 g/mol. The second-order valence-electron chi connectivity index (χ2n) is 6.15. The van der Waals surface area contributed by atoms with Crippen LogP contribution in [-0.4, -0.2) is 21.6 Å². The van der Waals surface area contributed by atoms with Crippen molar-refractivity contribution in [2.75, 3.05) is 0 Å². The molecule has 2 aromatic carbocycles. The number of nitrogens with one attached hydrogen (secondary N) is 1. The van der Waals surface area contributed by atoms with Crippen molar-refractivity contribution in [3.05, 3.63) is 63.7 Å². The molecule has 0 spiro atoms. The van der Waals surface area contributed by atoms with Crippen molar-refractivity contribution in [3.63, 3.8) is 0 Å². The molecule has 0 fully saturated rings. The lowest BCUT2D eigenvalue weighted by molar-refractivity contribution is -0.384. The highest BCUT2D eigenvalue weighted by Gasteiger charge is 2.21. The molecular formula is C18H17N5O4. The molecule has 1 aliphatic heterocycles. The summed E-state index contributed by atoms with van der Waals surface area (Å²) < 4.78 is 0. The topological polar surface area (TPSA) is 130 Å². The zero-order chi connectivity index (χ0) is 19.4. The molecule has 2 N–H and O–H groups in total. The molecule has 9 nitrogen and oxygen atoms in total. The molecule has 2 aromatic rings. The maximum atomic E-state index is 11.3. The highest BCUT2D eigenvalue weighted by Crippen LogP contribution is 2.25. The third-order valence-electron chi connectivity index (χ3n) is 4.12. The molecule has 0 aromatic heterocycles. The van der Waals surface area contributed by atoms with Crippen molar-refractivity contribution in [1.82, 2.24) is 5.43 Å². The van der Waals surface area contributed by atoms with Crippen molar-refractivity contribution in [1.29, 1.82) is 0 Å². The normalized spacial score (nSPS) is 16.9. The summed E-state index contributed by atoms with van der Waals surface area (Å²) in [6.45, 7) is 1.96. The number of benzene rings is 2. The number of phenolic OH excluding ortho intramolecular Hbond substituents is 1. The van der Waals surface area contributed by atoms with Crippen molar-refractivity contribution in [2.45, 2.75) is 19.9 Å². The van der Waals surface area contributed by atoms with Crippen molar-refractivity contribution in [3.8, 4) is 5.75 Å². The van der Waals surface area contributed by atoms with E-state index in [1.165, 1.54) is 18.2 Å². The Morgan fingerprint density at radius 3 is 2.70 bits per heavy atom. The van der Waals surface area contributed by atoms with Crippen LogP contribution in [0.5, 0.6) is 5.75 Å². The van der Waals surface area contributed by atoms with Crippen molar-refractivity contribution < 1.29 is 14.8 Å². The van der Waals surface area contributed by atoms with Gasteiger partial charge in [-0.1, -0.05) is 19.1 Å². The molecule has 1 aliphatic rings. The Labute approximate surface area is 154 Å². The van der Waals surface area contributed by atoms with Gasteiger partial charge < -0.3 is 5.11 Å². The Balaban J connectivity index is 1.69. The lowest BCUT2D eigenvalue weighted by atomic mass is 9.94. The van der Waals surface area contributed by atoms with E-state index < -0.39 is 4.92 Å². The van der Waals surface area contributed by atoms with Gasteiger partial charge in [0.05, 0.1) is 22.9 Å². The minimum absolute atomic E-state index is 0.0189. The summed E-state index contributed by atoms with van der Waals surface area (Å²) in [5.74, 6) is -0.134. The first-order valence-corrected chi connectivity index (χ1v) is 8.24. The van der Waals surface area contributed by atoms with E-state index in [-0.39, 0.29) is 29.8 Å². The fraction of sp³-hybridized carbons (Fsp3) is 0.222. The van der Waals surface area contributed by atoms with Gasteiger partial charge in [-0.2, -0.15) is 15.3 Å². The SMILES string of the molecule is CC1CC(=O)NN=C1c1ccc(N=NCc2cc([N+](=O)[O-])ccc2O)cc1. The number of nitrogens with zero attached hydrogens (tertiary/aromatic N) is 4. The number of carbonyl (C=O) groups excluding carboxylic acids is 1. The number of nitro groups is 1. The standard InChI is InChI=1S/C18H17N5O4/c1-11-8-17(25)21-22-18(11)12-2-4-14(5-3-12)20-19-10-13-9-15(23(26)27)6-7-16(13)24/h2-7,9,11,24H,8,10H2,1H3,(H,21,25). The maximum absolute atomic E-state index is 11.3. The number of hydrazone groups is 1. The number of azo groups is 1. The first kappa shape index (κ1) is 18.2. The van der Waals surface area contributed by atoms with Crippen LogP contribution in [0.15, 0.2) is 57.8 Å². The van der Waals surface area contributed by atoms with E-state index in [1.807, 2.05) is 19.1 Å². The van der Waals surface area contributed by atoms with Gasteiger partial charge in [0.1, 0.15) is 5.75 Å². The second kappa shape index (κ2) is 7.73. The molecule has 1 heterocycles. The largest absolute Gasteiger partial charge is 0.508 e. The fourth-order valence-corrected chi connectivity index (χ4v) is 2.71. The smallest absolute Gasteiger partial charge is 0.270 e. The summed E-state index contributed by atoms with van der Waals surface area (Å²) in [5.41, 5.74) is 4.98. The van der Waals surface area contributed by atoms with Crippen molar-refractivity contribution >= 4 is 23.0 Å². The average molecular weight is 367 g/mol. The van der Waals surface area contributed by atoms with Gasteiger partial charge in [0.25, 0.3) is 5.69 Å². The number of carbonyl (C=O) groups is 1. The van der Waals surface area contributed by atoms with Crippen LogP contribution < -0.4 is 5.43 Å². The van der Waals surface area contributed by atoms with Gasteiger partial charge in [-0.05, 0) is 23.8 Å². The summed E-state index contributed by atoms with van der Waals surface area (Å²) in [6.07, 6.45) is 0.396. The van der Waals surface area contributed by atoms with E-state index in [9.17, 15) is 20.0 Å². The molecule has 1 atom stereocenters. The van der Waals surface area contributed by atoms with Gasteiger partial charge in [0.15, 0.2) is 0 Å². The van der Waals surface area contributed by atoms with E-state index in [0.717, 1.165) is 11.3 Å². The molecule has 0 radical (unpaired) electrons. The van der Waals surface area contributed by atoms with Crippen LogP contribution in [0.25, 0.3) is 0 Å². The van der Waals surface area contributed by atoms with E-state index in [4.69, 9.17) is 0 Å². The third kappa shape index (κ3) is 4.32. The molecule has 0 aliphatic carbocycles. The molecule has 0 saturated heterocycles. The summed E-state index contributed by atoms with van der Waals surface area (Å²) in [6, 6.07) is 11.0. The maximum Gasteiger partial charge on any atom is 0.270 e. The van der Waals surface area contributed by atoms with Gasteiger partial charge >= 0.3 is 0 Å². The first-order chi connectivity index (χ1) is 12.9. The molecule has 0 bridgehead atoms. The minimum Gasteiger partial charge on any atom is -0.508 e. The Hall–Kier alpha value is -3.62. The number of hydrogen-bond donors (Lipinski definition) is 2. The molecule has 138 valence electrons. The number of aromatic hydroxyl groups is 1. The van der Waals surface area contributed by atoms with Gasteiger partial charge in [0.2, 0.25) is 5.91 Å². The molecular weight excluding hydrogens is 350 g/mol. The number of rotatable bonds is 5. The summed E-state index contributed by atoms with van der Waals surface area (Å²) >= 11 is 0. The zero-order valence-corrected chi connectivity index (χ0v) is 14.5. The predicted octanol–water partition coefficient (Wildman–Crippen LogP) is 3.44. The molecule has 1 amide bonds. The first-order valence-electron chi connectivity index (χ1n) is 8.24. The summed E-state index contributed by atoms with van der Waals surface area (Å²) in [4.78, 5) is 21.6. The van der Waals surface area contributed by atoms with E-state index in [2.05, 4.69) is 20.8 Å². The molecule has 0 saturated carbocycles. The van der Waals surface area contributed by atoms with Crippen LogP contribution in [0.1, 0.15) is 24.5 Å². The number of hydrogen-bond acceptors (Lipinski definition) is 7. The lowest BCUT2D eigenvalue weighted by Crippen LogP contribution is -2.31. The van der Waals surface area contributed by atoms with Crippen LogP contribution in [0, 0.1) is 16.0 Å². The van der Waals surface area contributed by atoms with Crippen molar-refractivity contribution in [2.24, 2.45) is 21.2 Å².